The van der Waals surface area contributed by atoms with Gasteiger partial charge in [0.05, 0.1) is 14.2 Å². The molecule has 0 spiro atoms. The van der Waals surface area contributed by atoms with Gasteiger partial charge in [-0.1, -0.05) is 13.8 Å². The van der Waals surface area contributed by atoms with E-state index in [1.165, 1.54) is 14.2 Å². The van der Waals surface area contributed by atoms with Crippen LogP contribution in [0.3, 0.4) is 0 Å². The van der Waals surface area contributed by atoms with Crippen molar-refractivity contribution in [3.8, 4) is 11.5 Å². The van der Waals surface area contributed by atoms with E-state index in [2.05, 4.69) is 22.1 Å². The summed E-state index contributed by atoms with van der Waals surface area (Å²) in [5.41, 5.74) is 2.16. The SMILES string of the molecule is CCn1ccc2cc(NC(=O)C(NC(=O)c3cc(OC)cc(OC)c3)C(C)C)ccc21. The third-order valence-corrected chi connectivity index (χ3v) is 5.23. The van der Waals surface area contributed by atoms with Crippen molar-refractivity contribution in [1.29, 1.82) is 0 Å². The molecule has 1 unspecified atom stereocenters. The van der Waals surface area contributed by atoms with Gasteiger partial charge in [-0.15, -0.1) is 0 Å². The maximum Gasteiger partial charge on any atom is 0.252 e. The summed E-state index contributed by atoms with van der Waals surface area (Å²) < 4.78 is 12.6. The Morgan fingerprint density at radius 3 is 2.26 bits per heavy atom. The molecule has 0 fully saturated rings. The summed E-state index contributed by atoms with van der Waals surface area (Å²) in [4.78, 5) is 25.8. The van der Waals surface area contributed by atoms with Crippen molar-refractivity contribution in [2.24, 2.45) is 5.92 Å². The maximum atomic E-state index is 13.0. The lowest BCUT2D eigenvalue weighted by molar-refractivity contribution is -0.118. The van der Waals surface area contributed by atoms with Gasteiger partial charge in [-0.3, -0.25) is 9.59 Å². The molecule has 164 valence electrons. The largest absolute Gasteiger partial charge is 0.497 e. The number of ether oxygens (including phenoxy) is 2. The molecule has 0 radical (unpaired) electrons. The highest BCUT2D eigenvalue weighted by Gasteiger charge is 2.25. The van der Waals surface area contributed by atoms with E-state index in [-0.39, 0.29) is 17.7 Å². The standard InChI is InChI=1S/C24H29N3O4/c1-6-27-10-9-16-11-18(7-8-21(16)27)25-24(29)22(15(2)3)26-23(28)17-12-19(30-4)14-20(13-17)31-5/h7-15,22H,6H2,1-5H3,(H,25,29)(H,26,28). The summed E-state index contributed by atoms with van der Waals surface area (Å²) >= 11 is 0. The summed E-state index contributed by atoms with van der Waals surface area (Å²) in [6.07, 6.45) is 2.02. The number of nitrogens with one attached hydrogen (secondary N) is 2. The van der Waals surface area contributed by atoms with Gasteiger partial charge in [0, 0.05) is 41.0 Å². The Morgan fingerprint density at radius 2 is 1.68 bits per heavy atom. The number of carbonyl (C=O) groups excluding carboxylic acids is 2. The Labute approximate surface area is 182 Å². The first-order valence-corrected chi connectivity index (χ1v) is 10.3. The summed E-state index contributed by atoms with van der Waals surface area (Å²) in [5.74, 6) is 0.250. The molecule has 2 N–H and O–H groups in total. The first kappa shape index (κ1) is 22.2. The Bertz CT molecular complexity index is 1070. The molecule has 3 aromatic rings. The van der Waals surface area contributed by atoms with E-state index >= 15 is 0 Å². The number of aryl methyl sites for hydroxylation is 1. The van der Waals surface area contributed by atoms with Gasteiger partial charge in [0.15, 0.2) is 0 Å². The Hall–Kier alpha value is -3.48. The number of benzene rings is 2. The second-order valence-electron chi connectivity index (χ2n) is 7.66. The molecule has 1 atom stereocenters. The van der Waals surface area contributed by atoms with Crippen molar-refractivity contribution in [2.75, 3.05) is 19.5 Å². The molecule has 0 aliphatic carbocycles. The van der Waals surface area contributed by atoms with Crippen LogP contribution < -0.4 is 20.1 Å². The molecule has 3 rings (SSSR count). The lowest BCUT2D eigenvalue weighted by atomic mass is 10.0. The number of anilines is 1. The van der Waals surface area contributed by atoms with Gasteiger partial charge in [0.1, 0.15) is 17.5 Å². The monoisotopic (exact) mass is 423 g/mol. The number of hydrogen-bond acceptors (Lipinski definition) is 4. The topological polar surface area (TPSA) is 81.6 Å². The molecule has 31 heavy (non-hydrogen) atoms. The van der Waals surface area contributed by atoms with E-state index in [0.29, 0.717) is 22.7 Å². The minimum atomic E-state index is -0.708. The van der Waals surface area contributed by atoms with Gasteiger partial charge >= 0.3 is 0 Å². The van der Waals surface area contributed by atoms with Gasteiger partial charge in [0.2, 0.25) is 5.91 Å². The zero-order valence-corrected chi connectivity index (χ0v) is 18.6. The summed E-state index contributed by atoms with van der Waals surface area (Å²) in [6.45, 7) is 6.75. The number of methoxy groups -OCH3 is 2. The van der Waals surface area contributed by atoms with Gasteiger partial charge in [-0.25, -0.2) is 0 Å². The minimum absolute atomic E-state index is 0.110. The number of nitrogens with zero attached hydrogens (tertiary/aromatic N) is 1. The molecule has 2 aromatic carbocycles. The second kappa shape index (κ2) is 9.55. The molecular formula is C24H29N3O4. The highest BCUT2D eigenvalue weighted by Crippen LogP contribution is 2.23. The fourth-order valence-electron chi connectivity index (χ4n) is 3.47. The third-order valence-electron chi connectivity index (χ3n) is 5.23. The van der Waals surface area contributed by atoms with E-state index in [1.807, 2.05) is 44.3 Å². The molecule has 7 heteroatoms. The average molecular weight is 424 g/mol. The Morgan fingerprint density at radius 1 is 1.00 bits per heavy atom. The van der Waals surface area contributed by atoms with Crippen LogP contribution in [0.5, 0.6) is 11.5 Å². The van der Waals surface area contributed by atoms with Crippen LogP contribution in [0.25, 0.3) is 10.9 Å². The van der Waals surface area contributed by atoms with Crippen LogP contribution in [0.2, 0.25) is 0 Å². The molecule has 2 amide bonds. The number of fused-ring (bicyclic) bond motifs is 1. The predicted octanol–water partition coefficient (Wildman–Crippen LogP) is 4.07. The highest BCUT2D eigenvalue weighted by molar-refractivity contribution is 6.02. The number of rotatable bonds is 8. The first-order valence-electron chi connectivity index (χ1n) is 10.3. The molecule has 0 aliphatic heterocycles. The van der Waals surface area contributed by atoms with Crippen LogP contribution >= 0.6 is 0 Å². The summed E-state index contributed by atoms with van der Waals surface area (Å²) in [6, 6.07) is 12.0. The quantitative estimate of drug-likeness (QED) is 0.572. The zero-order chi connectivity index (χ0) is 22.5. The molecule has 0 saturated heterocycles. The van der Waals surface area contributed by atoms with E-state index in [4.69, 9.17) is 9.47 Å². The second-order valence-corrected chi connectivity index (χ2v) is 7.66. The van der Waals surface area contributed by atoms with Crippen LogP contribution in [0, 0.1) is 5.92 Å². The Kier molecular flexibility index (Phi) is 6.84. The van der Waals surface area contributed by atoms with Gasteiger partial charge in [-0.05, 0) is 49.2 Å². The van der Waals surface area contributed by atoms with Gasteiger partial charge < -0.3 is 24.7 Å². The molecular weight excluding hydrogens is 394 g/mol. The molecule has 0 bridgehead atoms. The van der Waals surface area contributed by atoms with Crippen LogP contribution in [0.15, 0.2) is 48.7 Å². The molecule has 1 aromatic heterocycles. The van der Waals surface area contributed by atoms with Crippen molar-refractivity contribution in [3.63, 3.8) is 0 Å². The lowest BCUT2D eigenvalue weighted by Gasteiger charge is -2.22. The summed E-state index contributed by atoms with van der Waals surface area (Å²) in [7, 11) is 3.04. The maximum absolute atomic E-state index is 13.0. The van der Waals surface area contributed by atoms with Crippen LogP contribution in [-0.4, -0.2) is 36.6 Å². The number of hydrogen-bond donors (Lipinski definition) is 2. The summed E-state index contributed by atoms with van der Waals surface area (Å²) in [5, 5.41) is 6.82. The van der Waals surface area contributed by atoms with Crippen LogP contribution in [-0.2, 0) is 11.3 Å². The van der Waals surface area contributed by atoms with Crippen molar-refractivity contribution >= 4 is 28.4 Å². The van der Waals surface area contributed by atoms with E-state index < -0.39 is 6.04 Å². The first-order chi connectivity index (χ1) is 14.9. The van der Waals surface area contributed by atoms with Gasteiger partial charge in [0.25, 0.3) is 5.91 Å². The number of amides is 2. The normalized spacial score (nSPS) is 11.9. The average Bonchev–Trinajstić information content (AvgIpc) is 3.18. The van der Waals surface area contributed by atoms with Crippen LogP contribution in [0.4, 0.5) is 5.69 Å². The molecule has 7 nitrogen and oxygen atoms in total. The van der Waals surface area contributed by atoms with Crippen LogP contribution in [0.1, 0.15) is 31.1 Å². The Balaban J connectivity index is 1.77. The third kappa shape index (κ3) is 4.99. The zero-order valence-electron chi connectivity index (χ0n) is 18.6. The van der Waals surface area contributed by atoms with Crippen molar-refractivity contribution in [2.45, 2.75) is 33.4 Å². The lowest BCUT2D eigenvalue weighted by Crippen LogP contribution is -2.47. The predicted molar refractivity (Wildman–Crippen MR) is 122 cm³/mol. The molecule has 0 saturated carbocycles. The van der Waals surface area contributed by atoms with E-state index in [9.17, 15) is 9.59 Å². The fourth-order valence-corrected chi connectivity index (χ4v) is 3.47. The number of aromatic nitrogens is 1. The fraction of sp³-hybridized carbons (Fsp3) is 0.333. The number of carbonyl (C=O) groups is 2. The van der Waals surface area contributed by atoms with E-state index in [1.54, 1.807) is 18.2 Å². The molecule has 1 heterocycles. The van der Waals surface area contributed by atoms with Gasteiger partial charge in [-0.2, -0.15) is 0 Å². The van der Waals surface area contributed by atoms with E-state index in [0.717, 1.165) is 17.4 Å². The van der Waals surface area contributed by atoms with Crippen molar-refractivity contribution < 1.29 is 19.1 Å². The van der Waals surface area contributed by atoms with Crippen molar-refractivity contribution in [1.82, 2.24) is 9.88 Å². The minimum Gasteiger partial charge on any atom is -0.497 e. The van der Waals surface area contributed by atoms with Crippen molar-refractivity contribution in [3.05, 3.63) is 54.2 Å². The molecule has 0 aliphatic rings. The highest BCUT2D eigenvalue weighted by atomic mass is 16.5. The smallest absolute Gasteiger partial charge is 0.252 e.